The molecular formula is C20H17ClF5N5O2S. The largest absolute Gasteiger partial charge is 0.436 e. The highest BCUT2D eigenvalue weighted by Crippen LogP contribution is 2.47. The van der Waals surface area contributed by atoms with Gasteiger partial charge in [0.1, 0.15) is 15.4 Å². The number of rotatable bonds is 7. The van der Waals surface area contributed by atoms with Gasteiger partial charge in [0, 0.05) is 17.7 Å². The van der Waals surface area contributed by atoms with Crippen LogP contribution in [0.5, 0.6) is 0 Å². The van der Waals surface area contributed by atoms with Gasteiger partial charge in [0.2, 0.25) is 5.91 Å². The Morgan fingerprint density at radius 1 is 1.35 bits per heavy atom. The van der Waals surface area contributed by atoms with Crippen molar-refractivity contribution in [2.45, 2.75) is 51.3 Å². The van der Waals surface area contributed by atoms with E-state index in [1.165, 1.54) is 6.92 Å². The van der Waals surface area contributed by atoms with E-state index in [4.69, 9.17) is 17.3 Å². The van der Waals surface area contributed by atoms with E-state index in [1.807, 2.05) is 0 Å². The molecule has 0 unspecified atom stereocenters. The van der Waals surface area contributed by atoms with Crippen LogP contribution in [0.2, 0.25) is 5.02 Å². The summed E-state index contributed by atoms with van der Waals surface area (Å²) < 4.78 is 67.0. The number of alkyl halides is 5. The van der Waals surface area contributed by atoms with E-state index in [9.17, 15) is 31.5 Å². The molecule has 3 heterocycles. The van der Waals surface area contributed by atoms with Crippen LogP contribution in [-0.2, 0) is 17.5 Å². The van der Waals surface area contributed by atoms with E-state index in [-0.39, 0.29) is 45.4 Å². The zero-order valence-corrected chi connectivity index (χ0v) is 19.0. The van der Waals surface area contributed by atoms with Crippen molar-refractivity contribution in [3.8, 4) is 0 Å². The Bertz CT molecular complexity index is 1300. The van der Waals surface area contributed by atoms with E-state index in [1.54, 1.807) is 0 Å². The van der Waals surface area contributed by atoms with Crippen LogP contribution in [-0.4, -0.2) is 26.6 Å². The number of hydrogen-bond acceptors (Lipinski definition) is 5. The minimum absolute atomic E-state index is 0.0280. The Labute approximate surface area is 198 Å². The summed E-state index contributed by atoms with van der Waals surface area (Å²) in [5.74, 6) is -1.68. The first kappa shape index (κ1) is 24.3. The van der Waals surface area contributed by atoms with Crippen LogP contribution in [0.25, 0.3) is 10.2 Å². The van der Waals surface area contributed by atoms with Crippen LogP contribution >= 0.6 is 22.9 Å². The Kier molecular flexibility index (Phi) is 6.27. The maximum atomic E-state index is 13.2. The van der Waals surface area contributed by atoms with Crippen LogP contribution in [0.3, 0.4) is 0 Å². The molecule has 1 aliphatic carbocycles. The maximum Gasteiger partial charge on any atom is 0.436 e. The quantitative estimate of drug-likeness (QED) is 0.405. The van der Waals surface area contributed by atoms with Crippen LogP contribution in [0, 0.1) is 6.92 Å². The normalized spacial score (nSPS) is 14.2. The van der Waals surface area contributed by atoms with Crippen molar-refractivity contribution in [2.24, 2.45) is 5.73 Å². The summed E-state index contributed by atoms with van der Waals surface area (Å²) in [5, 5.41) is 5.93. The van der Waals surface area contributed by atoms with E-state index < -0.39 is 40.8 Å². The number of pyridine rings is 1. The summed E-state index contributed by atoms with van der Waals surface area (Å²) >= 11 is 6.70. The lowest BCUT2D eigenvalue weighted by molar-refractivity contribution is -0.141. The van der Waals surface area contributed by atoms with E-state index in [0.717, 1.165) is 22.1 Å². The number of aromatic nitrogens is 3. The standard InChI is InChI=1S/C20H17ClF5N5O2S/c1-7-6-9(17(22)23)28-19-11(7)13(15(34-19)18(27)33)29-10(32)4-5-31-14(8-2-3-8)12(21)16(30-31)20(24,25)26/h6,8,17H,2-5H2,1H3,(H2,27,33)(H,29,32). The summed E-state index contributed by atoms with van der Waals surface area (Å²) in [5.41, 5.74) is 4.33. The number of thiophene rings is 1. The number of aryl methyl sites for hydroxylation is 2. The number of nitrogens with one attached hydrogen (secondary N) is 1. The molecule has 1 fully saturated rings. The van der Waals surface area contributed by atoms with Crippen molar-refractivity contribution >= 4 is 50.7 Å². The molecule has 0 aromatic carbocycles. The van der Waals surface area contributed by atoms with Crippen molar-refractivity contribution in [1.29, 1.82) is 0 Å². The summed E-state index contributed by atoms with van der Waals surface area (Å²) in [6.07, 6.45) is -6.51. The van der Waals surface area contributed by atoms with Gasteiger partial charge in [0.15, 0.2) is 5.69 Å². The number of primary amides is 1. The topological polar surface area (TPSA) is 103 Å². The van der Waals surface area contributed by atoms with Crippen LogP contribution in [0.1, 0.15) is 63.9 Å². The molecule has 3 aromatic heterocycles. The fraction of sp³-hybridized carbons (Fsp3) is 0.400. The molecule has 0 atom stereocenters. The monoisotopic (exact) mass is 521 g/mol. The molecule has 34 heavy (non-hydrogen) atoms. The van der Waals surface area contributed by atoms with Gasteiger partial charge >= 0.3 is 6.18 Å². The summed E-state index contributed by atoms with van der Waals surface area (Å²) in [4.78, 5) is 28.5. The number of fused-ring (bicyclic) bond motifs is 1. The van der Waals surface area contributed by atoms with Crippen LogP contribution in [0.15, 0.2) is 6.07 Å². The van der Waals surface area contributed by atoms with Crippen molar-refractivity contribution in [3.05, 3.63) is 38.6 Å². The van der Waals surface area contributed by atoms with Gasteiger partial charge in [-0.25, -0.2) is 13.8 Å². The van der Waals surface area contributed by atoms with Gasteiger partial charge in [0.25, 0.3) is 12.3 Å². The highest BCUT2D eigenvalue weighted by Gasteiger charge is 2.42. The molecule has 1 saturated carbocycles. The zero-order chi connectivity index (χ0) is 24.9. The fourth-order valence-corrected chi connectivity index (χ4v) is 5.13. The third kappa shape index (κ3) is 4.58. The third-order valence-electron chi connectivity index (χ3n) is 5.31. The molecule has 7 nitrogen and oxygen atoms in total. The van der Waals surface area contributed by atoms with Gasteiger partial charge in [0.05, 0.1) is 22.9 Å². The number of nitrogens with two attached hydrogens (primary N) is 1. The molecule has 2 amide bonds. The minimum Gasteiger partial charge on any atom is -0.365 e. The summed E-state index contributed by atoms with van der Waals surface area (Å²) in [6, 6.07) is 1.15. The van der Waals surface area contributed by atoms with Gasteiger partial charge < -0.3 is 11.1 Å². The van der Waals surface area contributed by atoms with Crippen molar-refractivity contribution < 1.29 is 31.5 Å². The lowest BCUT2D eigenvalue weighted by Gasteiger charge is -2.10. The number of amides is 2. The number of nitrogens with zero attached hydrogens (tertiary/aromatic N) is 3. The zero-order valence-electron chi connectivity index (χ0n) is 17.5. The molecular weight excluding hydrogens is 505 g/mol. The molecule has 3 aromatic rings. The predicted molar refractivity (Wildman–Crippen MR) is 115 cm³/mol. The fourth-order valence-electron chi connectivity index (χ4n) is 3.67. The molecule has 0 spiro atoms. The van der Waals surface area contributed by atoms with Gasteiger partial charge in [-0.1, -0.05) is 11.6 Å². The second-order valence-corrected chi connectivity index (χ2v) is 9.23. The first-order valence-electron chi connectivity index (χ1n) is 10.0. The van der Waals surface area contributed by atoms with Gasteiger partial charge in [-0.2, -0.15) is 18.3 Å². The molecule has 14 heteroatoms. The Morgan fingerprint density at radius 2 is 2.03 bits per heavy atom. The van der Waals surface area contributed by atoms with Crippen molar-refractivity contribution in [3.63, 3.8) is 0 Å². The first-order chi connectivity index (χ1) is 15.9. The SMILES string of the molecule is Cc1cc(C(F)F)nc2sc(C(N)=O)c(NC(=O)CCn3nc(C(F)(F)F)c(Cl)c3C3CC3)c12. The van der Waals surface area contributed by atoms with Gasteiger partial charge in [-0.05, 0) is 31.4 Å². The Morgan fingerprint density at radius 3 is 2.59 bits per heavy atom. The second kappa shape index (κ2) is 8.77. The average Bonchev–Trinajstić information content (AvgIpc) is 3.40. The highest BCUT2D eigenvalue weighted by molar-refractivity contribution is 7.21. The minimum atomic E-state index is -4.73. The van der Waals surface area contributed by atoms with Crippen LogP contribution < -0.4 is 11.1 Å². The molecule has 0 bridgehead atoms. The first-order valence-corrected chi connectivity index (χ1v) is 11.2. The molecule has 0 radical (unpaired) electrons. The van der Waals surface area contributed by atoms with E-state index in [2.05, 4.69) is 15.4 Å². The Balaban J connectivity index is 1.60. The molecule has 1 aliphatic rings. The highest BCUT2D eigenvalue weighted by atomic mass is 35.5. The lowest BCUT2D eigenvalue weighted by Crippen LogP contribution is -2.19. The van der Waals surface area contributed by atoms with Crippen molar-refractivity contribution in [1.82, 2.24) is 14.8 Å². The number of anilines is 1. The number of halogens is 6. The lowest BCUT2D eigenvalue weighted by atomic mass is 10.1. The molecule has 3 N–H and O–H groups in total. The third-order valence-corrected chi connectivity index (χ3v) is 6.78. The van der Waals surface area contributed by atoms with Gasteiger partial charge in [-0.3, -0.25) is 14.3 Å². The smallest absolute Gasteiger partial charge is 0.365 e. The average molecular weight is 522 g/mol. The molecule has 0 aliphatic heterocycles. The predicted octanol–water partition coefficient (Wildman–Crippen LogP) is 5.42. The molecule has 0 saturated heterocycles. The molecule has 4 rings (SSSR count). The number of hydrogen-bond donors (Lipinski definition) is 2. The number of carbonyl (C=O) groups is 2. The molecule has 182 valence electrons. The Hall–Kier alpha value is -2.80. The van der Waals surface area contributed by atoms with Crippen LogP contribution in [0.4, 0.5) is 27.6 Å². The summed E-state index contributed by atoms with van der Waals surface area (Å²) in [7, 11) is 0. The number of carbonyl (C=O) groups excluding carboxylic acids is 2. The van der Waals surface area contributed by atoms with E-state index >= 15 is 0 Å². The summed E-state index contributed by atoms with van der Waals surface area (Å²) in [6.45, 7) is 1.34. The van der Waals surface area contributed by atoms with Crippen molar-refractivity contribution in [2.75, 3.05) is 5.32 Å². The van der Waals surface area contributed by atoms with Gasteiger partial charge in [-0.15, -0.1) is 11.3 Å². The second-order valence-electron chi connectivity index (χ2n) is 7.86. The maximum absolute atomic E-state index is 13.2. The van der Waals surface area contributed by atoms with E-state index in [0.29, 0.717) is 18.4 Å².